The molecule has 1 aliphatic carbocycles. The maximum atomic E-state index is 14.5. The summed E-state index contributed by atoms with van der Waals surface area (Å²) in [7, 11) is 0. The summed E-state index contributed by atoms with van der Waals surface area (Å²) < 4.78 is 42.0. The van der Waals surface area contributed by atoms with Gasteiger partial charge < -0.3 is 15.2 Å². The Bertz CT molecular complexity index is 1150. The molecule has 0 atom stereocenters. The zero-order valence-corrected chi connectivity index (χ0v) is 18.5. The van der Waals surface area contributed by atoms with E-state index in [0.717, 1.165) is 49.7 Å². The molecule has 1 saturated carbocycles. The molecule has 0 radical (unpaired) electrons. The van der Waals surface area contributed by atoms with E-state index in [0.29, 0.717) is 30.0 Å². The maximum absolute atomic E-state index is 14.5. The van der Waals surface area contributed by atoms with Gasteiger partial charge in [0, 0.05) is 31.0 Å². The first-order valence-electron chi connectivity index (χ1n) is 11.7. The zero-order chi connectivity index (χ0) is 22.9. The Morgan fingerprint density at radius 1 is 1.03 bits per heavy atom. The Labute approximate surface area is 191 Å². The average Bonchev–Trinajstić information content (AvgIpc) is 3.40. The number of H-pyrrole nitrogens is 1. The Morgan fingerprint density at radius 2 is 1.76 bits per heavy atom. The first-order chi connectivity index (χ1) is 16.0. The number of likely N-dealkylation sites (tertiary alicyclic amines) is 1. The van der Waals surface area contributed by atoms with Crippen molar-refractivity contribution in [3.8, 4) is 11.3 Å². The van der Waals surface area contributed by atoms with Gasteiger partial charge in [0.1, 0.15) is 17.5 Å². The van der Waals surface area contributed by atoms with E-state index in [-0.39, 0.29) is 23.2 Å². The van der Waals surface area contributed by atoms with Gasteiger partial charge in [0.2, 0.25) is 5.91 Å². The fraction of sp³-hybridized carbons (Fsp3) is 0.423. The van der Waals surface area contributed by atoms with Crippen LogP contribution in [0.25, 0.3) is 22.2 Å². The normalized spacial score (nSPS) is 20.8. The predicted molar refractivity (Wildman–Crippen MR) is 122 cm³/mol. The van der Waals surface area contributed by atoms with Crippen molar-refractivity contribution in [2.45, 2.75) is 38.0 Å². The SMILES string of the molecule is O=C(CCN1CCCC1)NC[C@H]1C[C@@H](c2c(-c3ccc(F)cc3)[nH]c3c(F)cc(F)cc32)C1. The summed E-state index contributed by atoms with van der Waals surface area (Å²) >= 11 is 0. The highest BCUT2D eigenvalue weighted by Crippen LogP contribution is 2.48. The molecule has 1 saturated heterocycles. The largest absolute Gasteiger partial charge is 0.356 e. The van der Waals surface area contributed by atoms with Crippen LogP contribution in [0.2, 0.25) is 0 Å². The quantitative estimate of drug-likeness (QED) is 0.505. The highest BCUT2D eigenvalue weighted by Gasteiger charge is 2.34. The Kier molecular flexibility index (Phi) is 6.15. The molecule has 2 aromatic carbocycles. The summed E-state index contributed by atoms with van der Waals surface area (Å²) in [6.45, 7) is 3.60. The second kappa shape index (κ2) is 9.21. The molecule has 0 spiro atoms. The van der Waals surface area contributed by atoms with Crippen molar-refractivity contribution in [1.29, 1.82) is 0 Å². The molecule has 7 heteroatoms. The van der Waals surface area contributed by atoms with Crippen LogP contribution in [-0.4, -0.2) is 42.0 Å². The van der Waals surface area contributed by atoms with Crippen molar-refractivity contribution in [3.63, 3.8) is 0 Å². The summed E-state index contributed by atoms with van der Waals surface area (Å²) in [6, 6.07) is 8.26. The van der Waals surface area contributed by atoms with E-state index < -0.39 is 11.6 Å². The molecule has 33 heavy (non-hydrogen) atoms. The van der Waals surface area contributed by atoms with E-state index in [1.54, 1.807) is 12.1 Å². The van der Waals surface area contributed by atoms with Crippen molar-refractivity contribution in [2.75, 3.05) is 26.2 Å². The predicted octanol–water partition coefficient (Wildman–Crippen LogP) is 5.35. The number of carbonyl (C=O) groups excluding carboxylic acids is 1. The molecule has 2 fully saturated rings. The maximum Gasteiger partial charge on any atom is 0.221 e. The molecule has 2 N–H and O–H groups in total. The number of nitrogens with zero attached hydrogens (tertiary/aromatic N) is 1. The van der Waals surface area contributed by atoms with Crippen molar-refractivity contribution in [1.82, 2.24) is 15.2 Å². The van der Waals surface area contributed by atoms with Crippen LogP contribution in [0.1, 0.15) is 43.6 Å². The zero-order valence-electron chi connectivity index (χ0n) is 18.5. The van der Waals surface area contributed by atoms with Gasteiger partial charge in [0.25, 0.3) is 0 Å². The van der Waals surface area contributed by atoms with Crippen molar-refractivity contribution >= 4 is 16.8 Å². The van der Waals surface area contributed by atoms with E-state index in [4.69, 9.17) is 0 Å². The molecular weight excluding hydrogens is 427 g/mol. The molecule has 3 aromatic rings. The van der Waals surface area contributed by atoms with Crippen molar-refractivity contribution in [3.05, 3.63) is 59.4 Å². The van der Waals surface area contributed by atoms with Crippen LogP contribution in [0.5, 0.6) is 0 Å². The second-order valence-corrected chi connectivity index (χ2v) is 9.37. The molecular formula is C26H28F3N3O. The Hall–Kier alpha value is -2.80. The van der Waals surface area contributed by atoms with Crippen LogP contribution in [0.3, 0.4) is 0 Å². The molecule has 2 heterocycles. The number of carbonyl (C=O) groups is 1. The van der Waals surface area contributed by atoms with Gasteiger partial charge in [-0.25, -0.2) is 13.2 Å². The number of rotatable bonds is 7. The minimum atomic E-state index is -0.638. The van der Waals surface area contributed by atoms with Crippen LogP contribution in [0.15, 0.2) is 36.4 Å². The molecule has 1 aromatic heterocycles. The lowest BCUT2D eigenvalue weighted by molar-refractivity contribution is -0.121. The van der Waals surface area contributed by atoms with E-state index in [9.17, 15) is 18.0 Å². The number of hydrogen-bond donors (Lipinski definition) is 2. The summed E-state index contributed by atoms with van der Waals surface area (Å²) in [5.41, 5.74) is 2.57. The third-order valence-corrected chi connectivity index (χ3v) is 7.08. The van der Waals surface area contributed by atoms with Crippen LogP contribution in [-0.2, 0) is 4.79 Å². The average molecular weight is 456 g/mol. The van der Waals surface area contributed by atoms with E-state index in [2.05, 4.69) is 15.2 Å². The minimum Gasteiger partial charge on any atom is -0.356 e. The first-order valence-corrected chi connectivity index (χ1v) is 11.7. The van der Waals surface area contributed by atoms with Crippen LogP contribution in [0.4, 0.5) is 13.2 Å². The number of nitrogens with one attached hydrogen (secondary N) is 2. The summed E-state index contributed by atoms with van der Waals surface area (Å²) in [5, 5.41) is 3.58. The van der Waals surface area contributed by atoms with Gasteiger partial charge in [0.15, 0.2) is 0 Å². The fourth-order valence-electron chi connectivity index (χ4n) is 5.26. The Morgan fingerprint density at radius 3 is 2.48 bits per heavy atom. The lowest BCUT2D eigenvalue weighted by atomic mass is 9.70. The smallest absolute Gasteiger partial charge is 0.221 e. The number of halogens is 3. The molecule has 0 unspecified atom stereocenters. The fourth-order valence-corrected chi connectivity index (χ4v) is 5.26. The molecule has 1 amide bonds. The van der Waals surface area contributed by atoms with Gasteiger partial charge in [-0.3, -0.25) is 4.79 Å². The van der Waals surface area contributed by atoms with Gasteiger partial charge in [0.05, 0.1) is 11.2 Å². The first kappa shape index (κ1) is 22.0. The molecule has 2 aliphatic rings. The highest BCUT2D eigenvalue weighted by molar-refractivity contribution is 5.92. The van der Waals surface area contributed by atoms with Gasteiger partial charge in [-0.1, -0.05) is 0 Å². The number of fused-ring (bicyclic) bond motifs is 1. The molecule has 0 bridgehead atoms. The van der Waals surface area contributed by atoms with E-state index in [1.807, 2.05) is 0 Å². The lowest BCUT2D eigenvalue weighted by Crippen LogP contribution is -2.36. The van der Waals surface area contributed by atoms with E-state index >= 15 is 0 Å². The molecule has 1 aliphatic heterocycles. The summed E-state index contributed by atoms with van der Waals surface area (Å²) in [6.07, 6.45) is 4.60. The summed E-state index contributed by atoms with van der Waals surface area (Å²) in [5.74, 6) is -1.08. The van der Waals surface area contributed by atoms with Crippen molar-refractivity contribution < 1.29 is 18.0 Å². The summed E-state index contributed by atoms with van der Waals surface area (Å²) in [4.78, 5) is 17.7. The minimum absolute atomic E-state index is 0.0774. The molecule has 4 nitrogen and oxygen atoms in total. The molecule has 174 valence electrons. The third-order valence-electron chi connectivity index (χ3n) is 7.08. The standard InChI is InChI=1S/C26H28F3N3O/c27-19-5-3-17(4-6-19)25-24(21-13-20(28)14-22(29)26(21)31-25)18-11-16(12-18)15-30-23(33)7-10-32-8-1-2-9-32/h3-6,13-14,16,18,31H,1-2,7-12,15H2,(H,30,33)/t16-,18+. The van der Waals surface area contributed by atoms with E-state index in [1.165, 1.54) is 31.0 Å². The monoisotopic (exact) mass is 455 g/mol. The number of amides is 1. The Balaban J connectivity index is 1.28. The van der Waals surface area contributed by atoms with Gasteiger partial charge in [-0.15, -0.1) is 0 Å². The lowest BCUT2D eigenvalue weighted by Gasteiger charge is -2.36. The van der Waals surface area contributed by atoms with Crippen molar-refractivity contribution in [2.24, 2.45) is 5.92 Å². The number of hydrogen-bond acceptors (Lipinski definition) is 2. The number of aromatic amines is 1. The number of aromatic nitrogens is 1. The van der Waals surface area contributed by atoms with Gasteiger partial charge in [-0.2, -0.15) is 0 Å². The van der Waals surface area contributed by atoms with Gasteiger partial charge in [-0.05, 0) is 92.1 Å². The van der Waals surface area contributed by atoms with Crippen LogP contribution in [0, 0.1) is 23.4 Å². The topological polar surface area (TPSA) is 48.1 Å². The van der Waals surface area contributed by atoms with Crippen LogP contribution < -0.4 is 5.32 Å². The van der Waals surface area contributed by atoms with Gasteiger partial charge >= 0.3 is 0 Å². The number of benzene rings is 2. The highest BCUT2D eigenvalue weighted by atomic mass is 19.1. The third kappa shape index (κ3) is 4.64. The molecule has 5 rings (SSSR count). The van der Waals surface area contributed by atoms with Crippen LogP contribution >= 0.6 is 0 Å². The second-order valence-electron chi connectivity index (χ2n) is 9.37.